The first-order chi connectivity index (χ1) is 8.40. The molecule has 0 saturated heterocycles. The number of carbonyl (C=O) groups excluding carboxylic acids is 1. The predicted octanol–water partition coefficient (Wildman–Crippen LogP) is 1.71. The van der Waals surface area contributed by atoms with E-state index in [4.69, 9.17) is 17.3 Å². The molecule has 2 heterocycles. The monoisotopic (exact) mass is 266 g/mol. The highest BCUT2D eigenvalue weighted by Crippen LogP contribution is 2.29. The zero-order valence-electron chi connectivity index (χ0n) is 10.5. The van der Waals surface area contributed by atoms with Crippen molar-refractivity contribution in [3.63, 3.8) is 0 Å². The molecule has 0 radical (unpaired) electrons. The SMILES string of the molecule is CCc1c(C)c2n(c1C)C(=O)N(CC(=O)O)C2=S. The summed E-state index contributed by atoms with van der Waals surface area (Å²) in [6, 6.07) is -0.363. The van der Waals surface area contributed by atoms with Gasteiger partial charge in [0.25, 0.3) is 0 Å². The Balaban J connectivity index is 2.55. The molecule has 5 nitrogen and oxygen atoms in total. The van der Waals surface area contributed by atoms with Gasteiger partial charge >= 0.3 is 12.0 Å². The van der Waals surface area contributed by atoms with Gasteiger partial charge in [-0.2, -0.15) is 0 Å². The van der Waals surface area contributed by atoms with E-state index in [0.717, 1.165) is 28.1 Å². The minimum atomic E-state index is -1.07. The van der Waals surface area contributed by atoms with E-state index < -0.39 is 5.97 Å². The Labute approximate surface area is 110 Å². The Morgan fingerprint density at radius 2 is 2.00 bits per heavy atom. The number of thiocarbonyl (C=S) groups is 1. The van der Waals surface area contributed by atoms with Crippen molar-refractivity contribution in [1.29, 1.82) is 0 Å². The third kappa shape index (κ3) is 1.56. The van der Waals surface area contributed by atoms with Crippen LogP contribution in [0.4, 0.5) is 4.79 Å². The van der Waals surface area contributed by atoms with Crippen LogP contribution in [0.1, 0.15) is 29.4 Å². The van der Waals surface area contributed by atoms with Crippen LogP contribution in [0.2, 0.25) is 0 Å². The molecule has 96 valence electrons. The number of carboxylic acid groups (broad SMARTS) is 1. The Morgan fingerprint density at radius 1 is 1.39 bits per heavy atom. The molecular formula is C12H14N2O3S. The first-order valence-corrected chi connectivity index (χ1v) is 6.09. The van der Waals surface area contributed by atoms with Crippen LogP contribution in [0.3, 0.4) is 0 Å². The summed E-state index contributed by atoms with van der Waals surface area (Å²) >= 11 is 5.22. The van der Waals surface area contributed by atoms with E-state index in [1.807, 2.05) is 20.8 Å². The molecule has 0 saturated carbocycles. The number of fused-ring (bicyclic) bond motifs is 1. The molecule has 1 aliphatic heterocycles. The van der Waals surface area contributed by atoms with Gasteiger partial charge in [0.15, 0.2) is 0 Å². The standard InChI is InChI=1S/C12H14N2O3S/c1-4-8-6(2)10-11(18)13(5-9(15)16)12(17)14(10)7(8)3/h4-5H2,1-3H3,(H,15,16). The number of carbonyl (C=O) groups is 2. The highest BCUT2D eigenvalue weighted by molar-refractivity contribution is 7.80. The number of aromatic nitrogens is 1. The fourth-order valence-corrected chi connectivity index (χ4v) is 2.90. The lowest BCUT2D eigenvalue weighted by Crippen LogP contribution is -2.35. The van der Waals surface area contributed by atoms with Crippen molar-refractivity contribution >= 4 is 29.2 Å². The average Bonchev–Trinajstić information content (AvgIpc) is 2.68. The van der Waals surface area contributed by atoms with Gasteiger partial charge in [0.1, 0.15) is 11.5 Å². The molecule has 6 heteroatoms. The van der Waals surface area contributed by atoms with E-state index in [9.17, 15) is 9.59 Å². The Morgan fingerprint density at radius 3 is 2.44 bits per heavy atom. The number of hydrogen-bond acceptors (Lipinski definition) is 3. The van der Waals surface area contributed by atoms with Crippen LogP contribution in [0.25, 0.3) is 0 Å². The van der Waals surface area contributed by atoms with E-state index in [0.29, 0.717) is 10.7 Å². The molecule has 1 aromatic heterocycles. The lowest BCUT2D eigenvalue weighted by Gasteiger charge is -2.13. The molecule has 1 N–H and O–H groups in total. The highest BCUT2D eigenvalue weighted by atomic mass is 32.1. The fraction of sp³-hybridized carbons (Fsp3) is 0.417. The van der Waals surface area contributed by atoms with Gasteiger partial charge in [-0.15, -0.1) is 0 Å². The van der Waals surface area contributed by atoms with Gasteiger partial charge in [-0.05, 0) is 31.4 Å². The fourth-order valence-electron chi connectivity index (χ4n) is 2.51. The van der Waals surface area contributed by atoms with Crippen LogP contribution in [-0.4, -0.2) is 38.1 Å². The number of carboxylic acids is 1. The van der Waals surface area contributed by atoms with Crippen molar-refractivity contribution < 1.29 is 14.7 Å². The van der Waals surface area contributed by atoms with Gasteiger partial charge in [0.05, 0.1) is 5.69 Å². The third-order valence-corrected chi connectivity index (χ3v) is 3.73. The summed E-state index contributed by atoms with van der Waals surface area (Å²) in [6.07, 6.45) is 0.826. The summed E-state index contributed by atoms with van der Waals surface area (Å²) in [6.45, 7) is 5.41. The summed E-state index contributed by atoms with van der Waals surface area (Å²) in [5.41, 5.74) is 3.60. The lowest BCUT2D eigenvalue weighted by molar-refractivity contribution is -0.136. The second-order valence-corrected chi connectivity index (χ2v) is 4.68. The lowest BCUT2D eigenvalue weighted by atomic mass is 10.1. The summed E-state index contributed by atoms with van der Waals surface area (Å²) in [7, 11) is 0. The van der Waals surface area contributed by atoms with Crippen LogP contribution in [-0.2, 0) is 11.2 Å². The van der Waals surface area contributed by atoms with E-state index in [-0.39, 0.29) is 12.6 Å². The maximum absolute atomic E-state index is 12.2. The molecular weight excluding hydrogens is 252 g/mol. The second-order valence-electron chi connectivity index (χ2n) is 4.29. The molecule has 1 aliphatic rings. The summed E-state index contributed by atoms with van der Waals surface area (Å²) in [5, 5.41) is 8.80. The molecule has 0 aromatic carbocycles. The predicted molar refractivity (Wildman–Crippen MR) is 70.1 cm³/mol. The molecule has 0 bridgehead atoms. The largest absolute Gasteiger partial charge is 0.480 e. The van der Waals surface area contributed by atoms with Crippen LogP contribution in [0.15, 0.2) is 0 Å². The summed E-state index contributed by atoms with van der Waals surface area (Å²) < 4.78 is 1.53. The summed E-state index contributed by atoms with van der Waals surface area (Å²) in [5.74, 6) is -1.07. The molecule has 0 aliphatic carbocycles. The van der Waals surface area contributed by atoms with Crippen LogP contribution >= 0.6 is 12.2 Å². The molecule has 18 heavy (non-hydrogen) atoms. The molecule has 1 aromatic rings. The van der Waals surface area contributed by atoms with Crippen molar-refractivity contribution in [3.05, 3.63) is 22.5 Å². The van der Waals surface area contributed by atoms with Crippen LogP contribution < -0.4 is 0 Å². The van der Waals surface area contributed by atoms with E-state index in [1.165, 1.54) is 4.57 Å². The smallest absolute Gasteiger partial charge is 0.334 e. The van der Waals surface area contributed by atoms with E-state index >= 15 is 0 Å². The van der Waals surface area contributed by atoms with Crippen molar-refractivity contribution in [2.24, 2.45) is 0 Å². The maximum Gasteiger partial charge on any atom is 0.334 e. The third-order valence-electron chi connectivity index (χ3n) is 3.32. The second kappa shape index (κ2) is 4.20. The number of rotatable bonds is 3. The molecule has 0 unspecified atom stereocenters. The topological polar surface area (TPSA) is 62.5 Å². The zero-order valence-corrected chi connectivity index (χ0v) is 11.3. The van der Waals surface area contributed by atoms with Crippen LogP contribution in [0.5, 0.6) is 0 Å². The number of amides is 1. The number of nitrogens with zero attached hydrogens (tertiary/aromatic N) is 2. The Bertz CT molecular complexity index is 535. The van der Waals surface area contributed by atoms with Crippen molar-refractivity contribution in [1.82, 2.24) is 9.47 Å². The first-order valence-electron chi connectivity index (χ1n) is 5.68. The van der Waals surface area contributed by atoms with Gasteiger partial charge in [0.2, 0.25) is 0 Å². The zero-order chi connectivity index (χ0) is 13.6. The Kier molecular flexibility index (Phi) is 2.98. The highest BCUT2D eigenvalue weighted by Gasteiger charge is 2.37. The number of aliphatic carboxylic acids is 1. The quantitative estimate of drug-likeness (QED) is 0.846. The minimum Gasteiger partial charge on any atom is -0.480 e. The normalized spacial score (nSPS) is 14.3. The molecule has 0 atom stereocenters. The Hall–Kier alpha value is -1.69. The molecule has 1 amide bonds. The van der Waals surface area contributed by atoms with Crippen molar-refractivity contribution in [2.45, 2.75) is 27.2 Å². The van der Waals surface area contributed by atoms with E-state index in [1.54, 1.807) is 0 Å². The molecule has 2 rings (SSSR count). The summed E-state index contributed by atoms with van der Waals surface area (Å²) in [4.78, 5) is 24.4. The molecule has 0 fully saturated rings. The minimum absolute atomic E-state index is 0.308. The van der Waals surface area contributed by atoms with Gasteiger partial charge in [-0.1, -0.05) is 19.1 Å². The van der Waals surface area contributed by atoms with E-state index in [2.05, 4.69) is 0 Å². The first kappa shape index (κ1) is 12.8. The van der Waals surface area contributed by atoms with Gasteiger partial charge < -0.3 is 5.11 Å². The van der Waals surface area contributed by atoms with Crippen molar-refractivity contribution in [3.8, 4) is 0 Å². The van der Waals surface area contributed by atoms with Gasteiger partial charge in [-0.3, -0.25) is 14.3 Å². The van der Waals surface area contributed by atoms with Gasteiger partial charge in [-0.25, -0.2) is 4.79 Å². The average molecular weight is 266 g/mol. The number of hydrogen-bond donors (Lipinski definition) is 1. The maximum atomic E-state index is 12.2. The van der Waals surface area contributed by atoms with Crippen LogP contribution in [0, 0.1) is 13.8 Å². The van der Waals surface area contributed by atoms with Crippen molar-refractivity contribution in [2.75, 3.05) is 6.54 Å². The van der Waals surface area contributed by atoms with Gasteiger partial charge in [0, 0.05) is 5.69 Å². The molecule has 0 spiro atoms.